The summed E-state index contributed by atoms with van der Waals surface area (Å²) in [5.41, 5.74) is 8.36. The Morgan fingerprint density at radius 1 is 1.06 bits per heavy atom. The lowest BCUT2D eigenvalue weighted by molar-refractivity contribution is -0.134. The number of nitrogen functional groups attached to an aromatic ring is 1. The largest absolute Gasteiger partial charge is 0.493 e. The van der Waals surface area contributed by atoms with Crippen molar-refractivity contribution in [3.8, 4) is 11.5 Å². The molecule has 3 aromatic carbocycles. The standard InChI is InChI=1S/C25H28N4O6S/c1-34-23-13-19(9-12-22(23)35-15-17-5-3-2-4-6-17)21(14-28-36(32,33)16-24(30)31)29-20-10-7-18(8-11-20)25(26)27/h2-13,21,28-29H,14-16H2,1H3,(H3,26,27)(H,30,31). The molecule has 6 N–H and O–H groups in total. The monoisotopic (exact) mass is 512 g/mol. The van der Waals surface area contributed by atoms with Gasteiger partial charge in [-0.15, -0.1) is 0 Å². The number of carbonyl (C=O) groups is 1. The third kappa shape index (κ3) is 7.72. The molecule has 0 aromatic heterocycles. The van der Waals surface area contributed by atoms with Gasteiger partial charge in [0.1, 0.15) is 12.4 Å². The first kappa shape index (κ1) is 26.5. The molecule has 0 aliphatic carbocycles. The fourth-order valence-electron chi connectivity index (χ4n) is 3.38. The Labute approximate surface area is 209 Å². The van der Waals surface area contributed by atoms with Crippen LogP contribution in [0.3, 0.4) is 0 Å². The van der Waals surface area contributed by atoms with E-state index in [1.807, 2.05) is 30.3 Å². The molecule has 0 aliphatic rings. The number of carboxylic acids is 1. The zero-order chi connectivity index (χ0) is 26.1. The quantitative estimate of drug-likeness (QED) is 0.172. The predicted molar refractivity (Wildman–Crippen MR) is 137 cm³/mol. The zero-order valence-corrected chi connectivity index (χ0v) is 20.4. The molecular formula is C25H28N4O6S. The lowest BCUT2D eigenvalue weighted by Crippen LogP contribution is -2.35. The minimum atomic E-state index is -4.05. The highest BCUT2D eigenvalue weighted by molar-refractivity contribution is 7.90. The van der Waals surface area contributed by atoms with E-state index in [2.05, 4.69) is 10.0 Å². The SMILES string of the molecule is COc1cc(C(CNS(=O)(=O)CC(=O)O)Nc2ccc(C(=N)N)cc2)ccc1OCc1ccccc1. The molecule has 0 spiro atoms. The van der Waals surface area contributed by atoms with Crippen molar-refractivity contribution in [3.63, 3.8) is 0 Å². The number of nitrogens with one attached hydrogen (secondary N) is 3. The third-order valence-corrected chi connectivity index (χ3v) is 6.42. The van der Waals surface area contributed by atoms with Crippen LogP contribution in [-0.2, 0) is 21.4 Å². The fraction of sp³-hybridized carbons (Fsp3) is 0.200. The molecule has 0 heterocycles. The molecule has 0 bridgehead atoms. The van der Waals surface area contributed by atoms with Crippen LogP contribution >= 0.6 is 0 Å². The molecule has 0 aliphatic heterocycles. The summed E-state index contributed by atoms with van der Waals surface area (Å²) in [5.74, 6) is -1.59. The molecule has 0 radical (unpaired) electrons. The summed E-state index contributed by atoms with van der Waals surface area (Å²) in [7, 11) is -2.54. The number of anilines is 1. The van der Waals surface area contributed by atoms with Crippen LogP contribution in [0.2, 0.25) is 0 Å². The van der Waals surface area contributed by atoms with E-state index in [4.69, 9.17) is 25.7 Å². The van der Waals surface area contributed by atoms with Gasteiger partial charge in [-0.3, -0.25) is 10.2 Å². The van der Waals surface area contributed by atoms with Crippen LogP contribution in [0.4, 0.5) is 5.69 Å². The highest BCUT2D eigenvalue weighted by Gasteiger charge is 2.20. The Morgan fingerprint density at radius 2 is 1.75 bits per heavy atom. The number of nitrogens with two attached hydrogens (primary N) is 1. The molecule has 190 valence electrons. The molecular weight excluding hydrogens is 484 g/mol. The molecule has 1 atom stereocenters. The van der Waals surface area contributed by atoms with Crippen LogP contribution in [0.25, 0.3) is 0 Å². The Hall–Kier alpha value is -4.09. The average molecular weight is 513 g/mol. The number of carboxylic acid groups (broad SMARTS) is 1. The number of benzene rings is 3. The fourth-order valence-corrected chi connectivity index (χ4v) is 4.23. The van der Waals surface area contributed by atoms with Gasteiger partial charge in [0.05, 0.1) is 13.2 Å². The van der Waals surface area contributed by atoms with Crippen LogP contribution in [-0.4, -0.2) is 44.7 Å². The first-order chi connectivity index (χ1) is 17.2. The molecule has 36 heavy (non-hydrogen) atoms. The van der Waals surface area contributed by atoms with Crippen molar-refractivity contribution in [1.82, 2.24) is 4.72 Å². The lowest BCUT2D eigenvalue weighted by atomic mass is 10.1. The van der Waals surface area contributed by atoms with Crippen LogP contribution in [0.5, 0.6) is 11.5 Å². The van der Waals surface area contributed by atoms with Crippen LogP contribution in [0.15, 0.2) is 72.8 Å². The molecule has 3 aromatic rings. The normalized spacial score (nSPS) is 11.9. The second kappa shape index (κ2) is 12.0. The first-order valence-corrected chi connectivity index (χ1v) is 12.6. The molecule has 1 unspecified atom stereocenters. The van der Waals surface area contributed by atoms with Crippen LogP contribution in [0, 0.1) is 5.41 Å². The maximum absolute atomic E-state index is 12.1. The number of hydrogen-bond acceptors (Lipinski definition) is 7. The van der Waals surface area contributed by atoms with Crippen molar-refractivity contribution >= 4 is 27.5 Å². The van der Waals surface area contributed by atoms with Crippen molar-refractivity contribution in [2.24, 2.45) is 5.73 Å². The number of methoxy groups -OCH3 is 1. The van der Waals surface area contributed by atoms with Gasteiger partial charge < -0.3 is 25.6 Å². The Morgan fingerprint density at radius 3 is 2.36 bits per heavy atom. The van der Waals surface area contributed by atoms with Crippen molar-refractivity contribution in [2.45, 2.75) is 12.6 Å². The molecule has 0 amide bonds. The van der Waals surface area contributed by atoms with Crippen LogP contribution < -0.4 is 25.2 Å². The van der Waals surface area contributed by atoms with Gasteiger partial charge in [0.15, 0.2) is 17.3 Å². The Kier molecular flexibility index (Phi) is 8.87. The Bertz CT molecular complexity index is 1300. The summed E-state index contributed by atoms with van der Waals surface area (Å²) in [6.07, 6.45) is 0. The van der Waals surface area contributed by atoms with Crippen molar-refractivity contribution < 1.29 is 27.8 Å². The average Bonchev–Trinajstić information content (AvgIpc) is 2.85. The van der Waals surface area contributed by atoms with Crippen molar-refractivity contribution in [1.29, 1.82) is 5.41 Å². The summed E-state index contributed by atoms with van der Waals surface area (Å²) < 4.78 is 38.0. The molecule has 3 rings (SSSR count). The van der Waals surface area contributed by atoms with Gasteiger partial charge in [0, 0.05) is 17.8 Å². The van der Waals surface area contributed by atoms with E-state index in [-0.39, 0.29) is 12.4 Å². The molecule has 0 saturated heterocycles. The first-order valence-electron chi connectivity index (χ1n) is 10.9. The smallest absolute Gasteiger partial charge is 0.320 e. The van der Waals surface area contributed by atoms with E-state index in [1.54, 1.807) is 42.5 Å². The number of aliphatic carboxylic acids is 1. The van der Waals surface area contributed by atoms with Gasteiger partial charge in [-0.2, -0.15) is 0 Å². The minimum absolute atomic E-state index is 0.0737. The summed E-state index contributed by atoms with van der Waals surface area (Å²) in [4.78, 5) is 10.9. The zero-order valence-electron chi connectivity index (χ0n) is 19.6. The number of rotatable bonds is 13. The minimum Gasteiger partial charge on any atom is -0.493 e. The topological polar surface area (TPSA) is 164 Å². The highest BCUT2D eigenvalue weighted by Crippen LogP contribution is 2.32. The van der Waals surface area contributed by atoms with E-state index in [9.17, 15) is 13.2 Å². The summed E-state index contributed by atoms with van der Waals surface area (Å²) in [6, 6.07) is 21.1. The van der Waals surface area contributed by atoms with Gasteiger partial charge >= 0.3 is 5.97 Å². The highest BCUT2D eigenvalue weighted by atomic mass is 32.2. The van der Waals surface area contributed by atoms with E-state index in [0.717, 1.165) is 5.56 Å². The number of amidine groups is 1. The molecule has 10 nitrogen and oxygen atoms in total. The second-order valence-corrected chi connectivity index (χ2v) is 9.68. The maximum atomic E-state index is 12.1. The van der Waals surface area contributed by atoms with Crippen molar-refractivity contribution in [3.05, 3.63) is 89.5 Å². The number of sulfonamides is 1. The van der Waals surface area contributed by atoms with E-state index < -0.39 is 27.8 Å². The van der Waals surface area contributed by atoms with Crippen molar-refractivity contribution in [2.75, 3.05) is 24.7 Å². The number of hydrogen-bond donors (Lipinski definition) is 5. The van der Waals surface area contributed by atoms with E-state index in [0.29, 0.717) is 34.9 Å². The lowest BCUT2D eigenvalue weighted by Gasteiger charge is -2.22. The van der Waals surface area contributed by atoms with E-state index >= 15 is 0 Å². The van der Waals surface area contributed by atoms with Gasteiger partial charge in [-0.05, 0) is 47.5 Å². The third-order valence-electron chi connectivity index (χ3n) is 5.18. The molecule has 0 saturated carbocycles. The van der Waals surface area contributed by atoms with Gasteiger partial charge in [-0.25, -0.2) is 13.1 Å². The predicted octanol–water partition coefficient (Wildman–Crippen LogP) is 2.72. The Balaban J connectivity index is 1.84. The van der Waals surface area contributed by atoms with E-state index in [1.165, 1.54) is 7.11 Å². The summed E-state index contributed by atoms with van der Waals surface area (Å²) in [5, 5.41) is 19.6. The second-order valence-electron chi connectivity index (χ2n) is 7.87. The molecule has 11 heteroatoms. The summed E-state index contributed by atoms with van der Waals surface area (Å²) >= 11 is 0. The molecule has 0 fully saturated rings. The van der Waals surface area contributed by atoms with Gasteiger partial charge in [0.2, 0.25) is 10.0 Å². The maximum Gasteiger partial charge on any atom is 0.320 e. The van der Waals surface area contributed by atoms with Gasteiger partial charge in [0.25, 0.3) is 0 Å². The van der Waals surface area contributed by atoms with Gasteiger partial charge in [-0.1, -0.05) is 36.4 Å². The van der Waals surface area contributed by atoms with Crippen LogP contribution in [0.1, 0.15) is 22.7 Å². The summed E-state index contributed by atoms with van der Waals surface area (Å²) in [6.45, 7) is 0.215. The number of ether oxygens (including phenoxy) is 2.